The van der Waals surface area contributed by atoms with Gasteiger partial charge in [0.15, 0.2) is 0 Å². The Labute approximate surface area is 91.4 Å². The maximum Gasteiger partial charge on any atom is 0.124 e. The Kier molecular flexibility index (Phi) is 3.27. The van der Waals surface area contributed by atoms with E-state index in [0.717, 1.165) is 31.6 Å². The van der Waals surface area contributed by atoms with Crippen LogP contribution in [-0.2, 0) is 6.42 Å². The van der Waals surface area contributed by atoms with Crippen molar-refractivity contribution >= 4 is 0 Å². The Morgan fingerprint density at radius 2 is 2.33 bits per heavy atom. The zero-order chi connectivity index (χ0) is 10.7. The summed E-state index contributed by atoms with van der Waals surface area (Å²) in [6.07, 6.45) is 4.39. The summed E-state index contributed by atoms with van der Waals surface area (Å²) in [5, 5.41) is 0. The highest BCUT2D eigenvalue weighted by Crippen LogP contribution is 2.30. The molecule has 1 aliphatic rings. The summed E-state index contributed by atoms with van der Waals surface area (Å²) in [5.74, 6) is 0.986. The summed E-state index contributed by atoms with van der Waals surface area (Å²) >= 11 is 0. The molecule has 1 atom stereocenters. The second-order valence-corrected chi connectivity index (χ2v) is 4.22. The van der Waals surface area contributed by atoms with Crippen molar-refractivity contribution in [3.8, 4) is 5.75 Å². The molecule has 0 spiro atoms. The summed E-state index contributed by atoms with van der Waals surface area (Å²) in [6, 6.07) is 6.60. The van der Waals surface area contributed by atoms with Gasteiger partial charge in [-0.1, -0.05) is 25.5 Å². The SMILES string of the molecule is CCCc1ccc2c(c1)C(N)CCCO2. The quantitative estimate of drug-likeness (QED) is 0.805. The Bertz CT molecular complexity index is 335. The topological polar surface area (TPSA) is 35.2 Å². The van der Waals surface area contributed by atoms with Crippen LogP contribution in [0, 0.1) is 0 Å². The Morgan fingerprint density at radius 3 is 3.13 bits per heavy atom. The van der Waals surface area contributed by atoms with Crippen LogP contribution in [0.3, 0.4) is 0 Å². The third kappa shape index (κ3) is 2.32. The second kappa shape index (κ2) is 4.67. The van der Waals surface area contributed by atoms with Gasteiger partial charge in [-0.3, -0.25) is 0 Å². The van der Waals surface area contributed by atoms with E-state index in [4.69, 9.17) is 10.5 Å². The first kappa shape index (κ1) is 10.5. The van der Waals surface area contributed by atoms with E-state index in [1.807, 2.05) is 0 Å². The lowest BCUT2D eigenvalue weighted by molar-refractivity contribution is 0.316. The molecule has 1 aliphatic heterocycles. The first-order valence-electron chi connectivity index (χ1n) is 5.82. The van der Waals surface area contributed by atoms with Gasteiger partial charge in [-0.2, -0.15) is 0 Å². The van der Waals surface area contributed by atoms with Crippen LogP contribution in [0.5, 0.6) is 5.75 Å². The first-order valence-corrected chi connectivity index (χ1v) is 5.82. The first-order chi connectivity index (χ1) is 7.31. The summed E-state index contributed by atoms with van der Waals surface area (Å²) < 4.78 is 5.67. The Balaban J connectivity index is 2.31. The molecule has 0 radical (unpaired) electrons. The fraction of sp³-hybridized carbons (Fsp3) is 0.538. The Morgan fingerprint density at radius 1 is 1.47 bits per heavy atom. The number of hydrogen-bond donors (Lipinski definition) is 1. The van der Waals surface area contributed by atoms with Gasteiger partial charge in [0.2, 0.25) is 0 Å². The molecule has 0 saturated carbocycles. The molecule has 2 N–H and O–H groups in total. The number of aryl methyl sites for hydroxylation is 1. The van der Waals surface area contributed by atoms with E-state index in [2.05, 4.69) is 25.1 Å². The van der Waals surface area contributed by atoms with E-state index >= 15 is 0 Å². The van der Waals surface area contributed by atoms with Gasteiger partial charge >= 0.3 is 0 Å². The smallest absolute Gasteiger partial charge is 0.124 e. The highest BCUT2D eigenvalue weighted by molar-refractivity contribution is 5.40. The maximum absolute atomic E-state index is 6.13. The van der Waals surface area contributed by atoms with Crippen molar-refractivity contribution < 1.29 is 4.74 Å². The van der Waals surface area contributed by atoms with Crippen molar-refractivity contribution in [1.82, 2.24) is 0 Å². The van der Waals surface area contributed by atoms with E-state index in [1.54, 1.807) is 0 Å². The number of fused-ring (bicyclic) bond motifs is 1. The summed E-state index contributed by atoms with van der Waals surface area (Å²) in [4.78, 5) is 0. The predicted octanol–water partition coefficient (Wildman–Crippen LogP) is 2.81. The second-order valence-electron chi connectivity index (χ2n) is 4.22. The van der Waals surface area contributed by atoms with Gasteiger partial charge in [0.05, 0.1) is 6.61 Å². The van der Waals surface area contributed by atoms with Crippen LogP contribution in [0.15, 0.2) is 18.2 Å². The van der Waals surface area contributed by atoms with E-state index in [0.29, 0.717) is 0 Å². The lowest BCUT2D eigenvalue weighted by Gasteiger charge is -2.13. The van der Waals surface area contributed by atoms with Crippen molar-refractivity contribution in [3.63, 3.8) is 0 Å². The van der Waals surface area contributed by atoms with Crippen molar-refractivity contribution in [2.24, 2.45) is 5.73 Å². The molecule has 0 aliphatic carbocycles. The molecule has 0 aromatic heterocycles. The van der Waals surface area contributed by atoms with E-state index in [-0.39, 0.29) is 6.04 Å². The molecule has 2 heteroatoms. The molecule has 2 nitrogen and oxygen atoms in total. The highest BCUT2D eigenvalue weighted by Gasteiger charge is 2.16. The average molecular weight is 205 g/mol. The predicted molar refractivity (Wildman–Crippen MR) is 62.1 cm³/mol. The third-order valence-corrected chi connectivity index (χ3v) is 2.93. The molecule has 1 heterocycles. The van der Waals surface area contributed by atoms with Crippen molar-refractivity contribution in [2.75, 3.05) is 6.61 Å². The molecule has 1 unspecified atom stereocenters. The molecule has 82 valence electrons. The molecule has 0 saturated heterocycles. The van der Waals surface area contributed by atoms with Gasteiger partial charge < -0.3 is 10.5 Å². The van der Waals surface area contributed by atoms with Crippen LogP contribution in [0.25, 0.3) is 0 Å². The summed E-state index contributed by atoms with van der Waals surface area (Å²) in [5.41, 5.74) is 8.70. The number of benzene rings is 1. The number of rotatable bonds is 2. The zero-order valence-electron chi connectivity index (χ0n) is 9.33. The normalized spacial score (nSPS) is 20.3. The minimum atomic E-state index is 0.152. The van der Waals surface area contributed by atoms with Crippen LogP contribution < -0.4 is 10.5 Å². The van der Waals surface area contributed by atoms with Gasteiger partial charge in [0.25, 0.3) is 0 Å². The standard InChI is InChI=1S/C13H19NO/c1-2-4-10-6-7-13-11(9-10)12(14)5-3-8-15-13/h6-7,9,12H,2-5,8,14H2,1H3. The fourth-order valence-corrected chi connectivity index (χ4v) is 2.10. The minimum absolute atomic E-state index is 0.152. The molecule has 1 aromatic rings. The minimum Gasteiger partial charge on any atom is -0.493 e. The molecule has 2 rings (SSSR count). The van der Waals surface area contributed by atoms with Gasteiger partial charge in [-0.25, -0.2) is 0 Å². The van der Waals surface area contributed by atoms with E-state index in [1.165, 1.54) is 17.5 Å². The van der Waals surface area contributed by atoms with E-state index in [9.17, 15) is 0 Å². The number of nitrogens with two attached hydrogens (primary N) is 1. The average Bonchev–Trinajstić information content (AvgIpc) is 2.42. The molecule has 1 aromatic carbocycles. The van der Waals surface area contributed by atoms with Crippen LogP contribution in [0.1, 0.15) is 43.4 Å². The largest absolute Gasteiger partial charge is 0.493 e. The number of hydrogen-bond acceptors (Lipinski definition) is 2. The maximum atomic E-state index is 6.13. The highest BCUT2D eigenvalue weighted by atomic mass is 16.5. The molecule has 0 bridgehead atoms. The fourth-order valence-electron chi connectivity index (χ4n) is 2.10. The zero-order valence-corrected chi connectivity index (χ0v) is 9.33. The van der Waals surface area contributed by atoms with Crippen molar-refractivity contribution in [2.45, 2.75) is 38.6 Å². The van der Waals surface area contributed by atoms with Gasteiger partial charge in [0, 0.05) is 11.6 Å². The Hall–Kier alpha value is -1.02. The van der Waals surface area contributed by atoms with Gasteiger partial charge in [-0.05, 0) is 30.9 Å². The lowest BCUT2D eigenvalue weighted by atomic mass is 9.99. The van der Waals surface area contributed by atoms with Crippen molar-refractivity contribution in [1.29, 1.82) is 0 Å². The van der Waals surface area contributed by atoms with Gasteiger partial charge in [0.1, 0.15) is 5.75 Å². The van der Waals surface area contributed by atoms with Crippen LogP contribution >= 0.6 is 0 Å². The molecule has 15 heavy (non-hydrogen) atoms. The van der Waals surface area contributed by atoms with Crippen molar-refractivity contribution in [3.05, 3.63) is 29.3 Å². The lowest BCUT2D eigenvalue weighted by Crippen LogP contribution is -2.09. The third-order valence-electron chi connectivity index (χ3n) is 2.93. The summed E-state index contributed by atoms with van der Waals surface area (Å²) in [7, 11) is 0. The number of ether oxygens (including phenoxy) is 1. The molecule has 0 amide bonds. The van der Waals surface area contributed by atoms with Crippen LogP contribution in [-0.4, -0.2) is 6.61 Å². The molecule has 0 fully saturated rings. The monoisotopic (exact) mass is 205 g/mol. The summed E-state index contributed by atoms with van der Waals surface area (Å²) in [6.45, 7) is 3.00. The van der Waals surface area contributed by atoms with Crippen LogP contribution in [0.4, 0.5) is 0 Å². The van der Waals surface area contributed by atoms with Gasteiger partial charge in [-0.15, -0.1) is 0 Å². The van der Waals surface area contributed by atoms with E-state index < -0.39 is 0 Å². The molecular weight excluding hydrogens is 186 g/mol. The molecular formula is C13H19NO. The van der Waals surface area contributed by atoms with Crippen LogP contribution in [0.2, 0.25) is 0 Å².